The lowest BCUT2D eigenvalue weighted by Gasteiger charge is -2.28. The summed E-state index contributed by atoms with van der Waals surface area (Å²) < 4.78 is 0.855. The first-order chi connectivity index (χ1) is 6.90. The molecule has 1 rings (SSSR count). The molecule has 0 aliphatic rings. The van der Waals surface area contributed by atoms with Gasteiger partial charge in [-0.1, -0.05) is 18.5 Å². The van der Waals surface area contributed by atoms with Crippen molar-refractivity contribution in [3.05, 3.63) is 21.3 Å². The summed E-state index contributed by atoms with van der Waals surface area (Å²) in [6.45, 7) is 9.11. The van der Waals surface area contributed by atoms with Gasteiger partial charge in [-0.15, -0.1) is 23.7 Å². The largest absolute Gasteiger partial charge is 0.324 e. The van der Waals surface area contributed by atoms with Gasteiger partial charge >= 0.3 is 0 Å². The first-order valence-electron chi connectivity index (χ1n) is 5.16. The van der Waals surface area contributed by atoms with Crippen LogP contribution >= 0.6 is 35.3 Å². The molecule has 0 aliphatic carbocycles. The number of thiophene rings is 1. The van der Waals surface area contributed by atoms with Crippen molar-refractivity contribution in [2.45, 2.75) is 32.9 Å². The smallest absolute Gasteiger partial charge is 0.0931 e. The van der Waals surface area contributed by atoms with Gasteiger partial charge in [-0.3, -0.25) is 4.90 Å². The average Bonchev–Trinajstić information content (AvgIpc) is 2.47. The van der Waals surface area contributed by atoms with Crippen LogP contribution in [0.25, 0.3) is 0 Å². The molecule has 94 valence electrons. The van der Waals surface area contributed by atoms with E-state index in [0.717, 1.165) is 24.0 Å². The number of hydrogen-bond donors (Lipinski definition) is 1. The summed E-state index contributed by atoms with van der Waals surface area (Å²) in [6, 6.07) is 4.03. The second kappa shape index (κ2) is 6.82. The summed E-state index contributed by atoms with van der Waals surface area (Å²) in [6.07, 6.45) is 0. The highest BCUT2D eigenvalue weighted by Gasteiger charge is 2.16. The Morgan fingerprint density at radius 1 is 1.44 bits per heavy atom. The monoisotopic (exact) mass is 282 g/mol. The summed E-state index contributed by atoms with van der Waals surface area (Å²) in [7, 11) is 0. The molecular weight excluding hydrogens is 263 g/mol. The third-order valence-corrected chi connectivity index (χ3v) is 3.30. The van der Waals surface area contributed by atoms with Crippen molar-refractivity contribution in [3.8, 4) is 0 Å². The maximum absolute atomic E-state index is 6.01. The van der Waals surface area contributed by atoms with Crippen molar-refractivity contribution in [1.29, 1.82) is 0 Å². The van der Waals surface area contributed by atoms with Gasteiger partial charge in [0.2, 0.25) is 0 Å². The number of nitrogens with two attached hydrogens (primary N) is 1. The van der Waals surface area contributed by atoms with Gasteiger partial charge < -0.3 is 5.73 Å². The highest BCUT2D eigenvalue weighted by atomic mass is 35.5. The molecule has 0 fully saturated rings. The van der Waals surface area contributed by atoms with Gasteiger partial charge in [0.25, 0.3) is 0 Å². The van der Waals surface area contributed by atoms with Crippen LogP contribution in [-0.2, 0) is 6.54 Å². The molecular formula is C11H20Cl2N2S. The summed E-state index contributed by atoms with van der Waals surface area (Å²) in [5, 5.41) is 0. The zero-order valence-corrected chi connectivity index (χ0v) is 12.4. The van der Waals surface area contributed by atoms with Crippen LogP contribution < -0.4 is 5.73 Å². The topological polar surface area (TPSA) is 29.3 Å². The van der Waals surface area contributed by atoms with Crippen molar-refractivity contribution >= 4 is 35.3 Å². The molecule has 1 heterocycles. The Bertz CT molecular complexity index is 307. The van der Waals surface area contributed by atoms with E-state index >= 15 is 0 Å². The van der Waals surface area contributed by atoms with Gasteiger partial charge in [0, 0.05) is 23.5 Å². The van der Waals surface area contributed by atoms with Crippen LogP contribution in [0.4, 0.5) is 0 Å². The normalized spacial score (nSPS) is 11.6. The van der Waals surface area contributed by atoms with Crippen LogP contribution in [0.2, 0.25) is 4.34 Å². The lowest BCUT2D eigenvalue weighted by atomic mass is 10.1. The Hall–Kier alpha value is 0.200. The Kier molecular flexibility index (Phi) is 6.90. The predicted octanol–water partition coefficient (Wildman–Crippen LogP) is 3.38. The van der Waals surface area contributed by atoms with Crippen molar-refractivity contribution < 1.29 is 0 Å². The molecule has 1 aromatic heterocycles. The Balaban J connectivity index is 0.00000225. The van der Waals surface area contributed by atoms with E-state index in [-0.39, 0.29) is 17.9 Å². The lowest BCUT2D eigenvalue weighted by molar-refractivity contribution is 0.230. The van der Waals surface area contributed by atoms with Gasteiger partial charge in [-0.05, 0) is 32.5 Å². The van der Waals surface area contributed by atoms with Crippen molar-refractivity contribution in [2.24, 2.45) is 5.73 Å². The van der Waals surface area contributed by atoms with Crippen LogP contribution in [0, 0.1) is 0 Å². The second-order valence-electron chi connectivity index (χ2n) is 4.50. The molecule has 2 N–H and O–H groups in total. The van der Waals surface area contributed by atoms with Crippen molar-refractivity contribution in [1.82, 2.24) is 4.90 Å². The molecule has 0 aromatic carbocycles. The summed E-state index contributed by atoms with van der Waals surface area (Å²) in [4.78, 5) is 3.63. The number of rotatable bonds is 5. The van der Waals surface area contributed by atoms with Gasteiger partial charge in [0.15, 0.2) is 0 Å². The molecule has 5 heteroatoms. The van der Waals surface area contributed by atoms with Crippen LogP contribution in [0.1, 0.15) is 25.6 Å². The minimum atomic E-state index is -0.142. The van der Waals surface area contributed by atoms with E-state index in [9.17, 15) is 0 Å². The second-order valence-corrected chi connectivity index (χ2v) is 6.30. The van der Waals surface area contributed by atoms with Gasteiger partial charge in [-0.2, -0.15) is 0 Å². The fourth-order valence-corrected chi connectivity index (χ4v) is 2.64. The first-order valence-corrected chi connectivity index (χ1v) is 6.35. The molecule has 0 unspecified atom stereocenters. The molecule has 0 saturated carbocycles. The maximum Gasteiger partial charge on any atom is 0.0931 e. The number of likely N-dealkylation sites (N-methyl/N-ethyl adjacent to an activating group) is 1. The van der Waals surface area contributed by atoms with Crippen LogP contribution in [0.15, 0.2) is 12.1 Å². The maximum atomic E-state index is 6.01. The Labute approximate surface area is 113 Å². The van der Waals surface area contributed by atoms with E-state index in [0.29, 0.717) is 0 Å². The lowest BCUT2D eigenvalue weighted by Crippen LogP contribution is -2.44. The minimum absolute atomic E-state index is 0. The third kappa shape index (κ3) is 6.06. The molecule has 0 spiro atoms. The van der Waals surface area contributed by atoms with Crippen LogP contribution in [0.3, 0.4) is 0 Å². The summed E-state index contributed by atoms with van der Waals surface area (Å²) in [5.74, 6) is 0. The zero-order valence-electron chi connectivity index (χ0n) is 10.00. The fourth-order valence-electron chi connectivity index (χ4n) is 1.51. The highest BCUT2D eigenvalue weighted by molar-refractivity contribution is 7.16. The summed E-state index contributed by atoms with van der Waals surface area (Å²) >= 11 is 7.54. The van der Waals surface area contributed by atoms with Gasteiger partial charge in [0.1, 0.15) is 0 Å². The average molecular weight is 283 g/mol. The number of nitrogens with zero attached hydrogens (tertiary/aromatic N) is 1. The molecule has 1 aromatic rings. The predicted molar refractivity (Wildman–Crippen MR) is 75.8 cm³/mol. The van der Waals surface area contributed by atoms with E-state index in [2.05, 4.69) is 31.7 Å². The molecule has 2 nitrogen and oxygen atoms in total. The first kappa shape index (κ1) is 16.2. The van der Waals surface area contributed by atoms with E-state index in [1.54, 1.807) is 11.3 Å². The van der Waals surface area contributed by atoms with Crippen molar-refractivity contribution in [3.63, 3.8) is 0 Å². The van der Waals surface area contributed by atoms with Gasteiger partial charge in [0.05, 0.1) is 4.34 Å². The molecule has 0 radical (unpaired) electrons. The van der Waals surface area contributed by atoms with E-state index < -0.39 is 0 Å². The molecule has 0 aliphatic heterocycles. The highest BCUT2D eigenvalue weighted by Crippen LogP contribution is 2.22. The zero-order chi connectivity index (χ0) is 11.5. The van der Waals surface area contributed by atoms with Gasteiger partial charge in [-0.25, -0.2) is 0 Å². The quantitative estimate of drug-likeness (QED) is 0.897. The number of halogens is 2. The van der Waals surface area contributed by atoms with Crippen LogP contribution in [0.5, 0.6) is 0 Å². The van der Waals surface area contributed by atoms with E-state index in [1.165, 1.54) is 4.88 Å². The van der Waals surface area contributed by atoms with E-state index in [1.807, 2.05) is 6.07 Å². The van der Waals surface area contributed by atoms with Crippen LogP contribution in [-0.4, -0.2) is 23.5 Å². The number of hydrogen-bond acceptors (Lipinski definition) is 3. The summed E-state index contributed by atoms with van der Waals surface area (Å²) in [5.41, 5.74) is 5.86. The van der Waals surface area contributed by atoms with Crippen molar-refractivity contribution in [2.75, 3.05) is 13.1 Å². The Morgan fingerprint density at radius 2 is 2.06 bits per heavy atom. The molecule has 0 amide bonds. The Morgan fingerprint density at radius 3 is 2.44 bits per heavy atom. The molecule has 0 bridgehead atoms. The molecule has 0 atom stereocenters. The minimum Gasteiger partial charge on any atom is -0.324 e. The fraction of sp³-hybridized carbons (Fsp3) is 0.636. The third-order valence-electron chi connectivity index (χ3n) is 2.09. The molecule has 16 heavy (non-hydrogen) atoms. The standard InChI is InChI=1S/C11H19ClN2S.ClH/c1-4-14(8-11(2,3)13)7-9-5-6-10(12)15-9;/h5-6H,4,7-8,13H2,1-3H3;1H. The SMILES string of the molecule is CCN(Cc1ccc(Cl)s1)CC(C)(C)N.Cl. The van der Waals surface area contributed by atoms with E-state index in [4.69, 9.17) is 17.3 Å². The molecule has 0 saturated heterocycles.